The van der Waals surface area contributed by atoms with Crippen molar-refractivity contribution in [2.24, 2.45) is 0 Å². The predicted molar refractivity (Wildman–Crippen MR) is 66.8 cm³/mol. The molecule has 1 aromatic heterocycles. The zero-order valence-corrected chi connectivity index (χ0v) is 9.93. The molecule has 0 saturated carbocycles. The fraction of sp³-hybridized carbons (Fsp3) is 0.417. The Morgan fingerprint density at radius 2 is 2.41 bits per heavy atom. The maximum Gasteiger partial charge on any atom is 0.287 e. The van der Waals surface area contributed by atoms with Crippen molar-refractivity contribution in [2.75, 3.05) is 5.32 Å². The topological polar surface area (TPSA) is 68.1 Å². The highest BCUT2D eigenvalue weighted by Gasteiger charge is 2.11. The number of nitrogens with one attached hydrogen (secondary N) is 1. The lowest BCUT2D eigenvalue weighted by Gasteiger charge is -2.14. The van der Waals surface area contributed by atoms with Gasteiger partial charge in [0.2, 0.25) is 0 Å². The summed E-state index contributed by atoms with van der Waals surface area (Å²) in [4.78, 5) is 14.1. The van der Waals surface area contributed by atoms with Gasteiger partial charge in [-0.05, 0) is 18.9 Å². The standard InChI is InChI=1S/C12H15N3O2/c1-4-6-10(5-2)14-12-9(3)7-11(8-13-12)15(16)17/h2,7-8,10H,4,6H2,1,3H3,(H,13,14). The highest BCUT2D eigenvalue weighted by Crippen LogP contribution is 2.19. The number of nitro groups is 1. The van der Waals surface area contributed by atoms with Crippen molar-refractivity contribution >= 4 is 11.5 Å². The average Bonchev–Trinajstić information content (AvgIpc) is 2.30. The van der Waals surface area contributed by atoms with Crippen LogP contribution in [-0.4, -0.2) is 15.9 Å². The molecule has 1 atom stereocenters. The van der Waals surface area contributed by atoms with Gasteiger partial charge in [0.15, 0.2) is 0 Å². The fourth-order valence-corrected chi connectivity index (χ4v) is 1.46. The lowest BCUT2D eigenvalue weighted by Crippen LogP contribution is -2.18. The lowest BCUT2D eigenvalue weighted by molar-refractivity contribution is -0.385. The van der Waals surface area contributed by atoms with Crippen LogP contribution >= 0.6 is 0 Å². The molecule has 1 N–H and O–H groups in total. The van der Waals surface area contributed by atoms with E-state index < -0.39 is 4.92 Å². The van der Waals surface area contributed by atoms with E-state index in [4.69, 9.17) is 6.42 Å². The monoisotopic (exact) mass is 233 g/mol. The quantitative estimate of drug-likeness (QED) is 0.482. The maximum absolute atomic E-state index is 10.6. The molecule has 0 aliphatic carbocycles. The van der Waals surface area contributed by atoms with E-state index >= 15 is 0 Å². The van der Waals surface area contributed by atoms with Crippen LogP contribution in [0, 0.1) is 29.4 Å². The minimum atomic E-state index is -0.464. The number of hydrogen-bond donors (Lipinski definition) is 1. The van der Waals surface area contributed by atoms with E-state index in [0.29, 0.717) is 5.82 Å². The molecule has 1 rings (SSSR count). The molecule has 5 heteroatoms. The van der Waals surface area contributed by atoms with E-state index in [1.807, 2.05) is 6.92 Å². The average molecular weight is 233 g/mol. The van der Waals surface area contributed by atoms with Crippen molar-refractivity contribution in [1.29, 1.82) is 0 Å². The zero-order chi connectivity index (χ0) is 12.8. The molecule has 1 unspecified atom stereocenters. The van der Waals surface area contributed by atoms with Crippen molar-refractivity contribution in [3.05, 3.63) is 27.9 Å². The van der Waals surface area contributed by atoms with Gasteiger partial charge in [0, 0.05) is 6.07 Å². The number of pyridine rings is 1. The van der Waals surface area contributed by atoms with Gasteiger partial charge in [-0.25, -0.2) is 4.98 Å². The molecular formula is C12H15N3O2. The molecular weight excluding hydrogens is 218 g/mol. The smallest absolute Gasteiger partial charge is 0.287 e. The first-order valence-corrected chi connectivity index (χ1v) is 5.42. The first kappa shape index (κ1) is 13.0. The van der Waals surface area contributed by atoms with Crippen LogP contribution in [0.4, 0.5) is 11.5 Å². The first-order valence-electron chi connectivity index (χ1n) is 5.42. The van der Waals surface area contributed by atoms with Crippen LogP contribution in [-0.2, 0) is 0 Å². The molecule has 1 heterocycles. The number of hydrogen-bond acceptors (Lipinski definition) is 4. The van der Waals surface area contributed by atoms with Crippen molar-refractivity contribution in [3.63, 3.8) is 0 Å². The van der Waals surface area contributed by atoms with Crippen LogP contribution in [0.25, 0.3) is 0 Å². The van der Waals surface area contributed by atoms with Crippen molar-refractivity contribution in [3.8, 4) is 12.3 Å². The first-order chi connectivity index (χ1) is 8.08. The van der Waals surface area contributed by atoms with E-state index in [2.05, 4.69) is 16.2 Å². The number of aromatic nitrogens is 1. The van der Waals surface area contributed by atoms with E-state index in [0.717, 1.165) is 18.4 Å². The van der Waals surface area contributed by atoms with Gasteiger partial charge in [-0.3, -0.25) is 10.1 Å². The minimum Gasteiger partial charge on any atom is -0.356 e. The van der Waals surface area contributed by atoms with E-state index in [-0.39, 0.29) is 11.7 Å². The van der Waals surface area contributed by atoms with Gasteiger partial charge in [0.1, 0.15) is 12.0 Å². The minimum absolute atomic E-state index is 0.0131. The Labute approximate surface area is 100 Å². The summed E-state index contributed by atoms with van der Waals surface area (Å²) in [6.45, 7) is 3.81. The van der Waals surface area contributed by atoms with E-state index in [9.17, 15) is 10.1 Å². The Balaban J connectivity index is 2.86. The van der Waals surface area contributed by atoms with Gasteiger partial charge in [-0.15, -0.1) is 6.42 Å². The summed E-state index contributed by atoms with van der Waals surface area (Å²) in [6.07, 6.45) is 8.43. The number of terminal acetylenes is 1. The Morgan fingerprint density at radius 1 is 1.71 bits per heavy atom. The third-order valence-electron chi connectivity index (χ3n) is 2.36. The largest absolute Gasteiger partial charge is 0.356 e. The normalized spacial score (nSPS) is 11.6. The molecule has 0 radical (unpaired) electrons. The summed E-state index contributed by atoms with van der Waals surface area (Å²) in [5.41, 5.74) is 0.705. The molecule has 0 bridgehead atoms. The summed E-state index contributed by atoms with van der Waals surface area (Å²) >= 11 is 0. The van der Waals surface area contributed by atoms with Crippen LogP contribution in [0.2, 0.25) is 0 Å². The summed E-state index contributed by atoms with van der Waals surface area (Å²) < 4.78 is 0. The lowest BCUT2D eigenvalue weighted by atomic mass is 10.1. The molecule has 0 aliphatic heterocycles. The Hall–Kier alpha value is -2.09. The summed E-state index contributed by atoms with van der Waals surface area (Å²) in [5.74, 6) is 3.23. The number of nitrogens with zero attached hydrogens (tertiary/aromatic N) is 2. The molecule has 0 spiro atoms. The van der Waals surface area contributed by atoms with E-state index in [1.165, 1.54) is 12.3 Å². The molecule has 5 nitrogen and oxygen atoms in total. The SMILES string of the molecule is C#CC(CCC)Nc1ncc([N+](=O)[O-])cc1C. The second-order valence-electron chi connectivity index (χ2n) is 3.77. The van der Waals surface area contributed by atoms with Gasteiger partial charge < -0.3 is 5.32 Å². The van der Waals surface area contributed by atoms with Crippen molar-refractivity contribution < 1.29 is 4.92 Å². The second-order valence-corrected chi connectivity index (χ2v) is 3.77. The summed E-state index contributed by atoms with van der Waals surface area (Å²) in [5, 5.41) is 13.7. The summed E-state index contributed by atoms with van der Waals surface area (Å²) in [7, 11) is 0. The Bertz CT molecular complexity index is 452. The third kappa shape index (κ3) is 3.45. The van der Waals surface area contributed by atoms with Crippen molar-refractivity contribution in [2.45, 2.75) is 32.7 Å². The van der Waals surface area contributed by atoms with Crippen LogP contribution in [0.3, 0.4) is 0 Å². The van der Waals surface area contributed by atoms with Crippen LogP contribution in [0.5, 0.6) is 0 Å². The summed E-state index contributed by atoms with van der Waals surface area (Å²) in [6, 6.07) is 1.39. The van der Waals surface area contributed by atoms with Crippen LogP contribution in [0.1, 0.15) is 25.3 Å². The number of anilines is 1. The zero-order valence-electron chi connectivity index (χ0n) is 9.93. The molecule has 90 valence electrons. The maximum atomic E-state index is 10.6. The van der Waals surface area contributed by atoms with Crippen LogP contribution < -0.4 is 5.32 Å². The van der Waals surface area contributed by atoms with E-state index in [1.54, 1.807) is 6.92 Å². The van der Waals surface area contributed by atoms with Crippen LogP contribution in [0.15, 0.2) is 12.3 Å². The van der Waals surface area contributed by atoms with Crippen molar-refractivity contribution in [1.82, 2.24) is 4.98 Å². The van der Waals surface area contributed by atoms with Gasteiger partial charge in [0.05, 0.1) is 11.0 Å². The number of aryl methyl sites for hydroxylation is 1. The number of rotatable bonds is 5. The molecule has 0 saturated heterocycles. The van der Waals surface area contributed by atoms with Gasteiger partial charge >= 0.3 is 0 Å². The predicted octanol–water partition coefficient (Wildman–Crippen LogP) is 2.51. The molecule has 0 aromatic carbocycles. The molecule has 1 aromatic rings. The Morgan fingerprint density at radius 3 is 2.88 bits per heavy atom. The highest BCUT2D eigenvalue weighted by atomic mass is 16.6. The molecule has 0 aliphatic rings. The third-order valence-corrected chi connectivity index (χ3v) is 2.36. The molecule has 0 fully saturated rings. The highest BCUT2D eigenvalue weighted by molar-refractivity contribution is 5.49. The van der Waals surface area contributed by atoms with Gasteiger partial charge in [-0.1, -0.05) is 19.3 Å². The fourth-order valence-electron chi connectivity index (χ4n) is 1.46. The Kier molecular flexibility index (Phi) is 4.46. The van der Waals surface area contributed by atoms with Gasteiger partial charge in [0.25, 0.3) is 5.69 Å². The second kappa shape index (κ2) is 5.85. The molecule has 0 amide bonds. The van der Waals surface area contributed by atoms with Gasteiger partial charge in [-0.2, -0.15) is 0 Å². The molecule has 17 heavy (non-hydrogen) atoms.